The summed E-state index contributed by atoms with van der Waals surface area (Å²) in [7, 11) is 0. The first kappa shape index (κ1) is 21.5. The monoisotopic (exact) mass is 430 g/mol. The van der Waals surface area contributed by atoms with Gasteiger partial charge in [-0.2, -0.15) is 18.2 Å². The van der Waals surface area contributed by atoms with E-state index >= 15 is 0 Å². The Morgan fingerprint density at radius 3 is 2.57 bits per heavy atom. The molecule has 0 spiro atoms. The Bertz CT molecular complexity index is 923. The highest BCUT2D eigenvalue weighted by Crippen LogP contribution is 2.29. The Hall–Kier alpha value is -3.18. The summed E-state index contributed by atoms with van der Waals surface area (Å²) in [5.74, 6) is -3.60. The van der Waals surface area contributed by atoms with Gasteiger partial charge in [0.2, 0.25) is 5.82 Å². The number of carbonyl (C=O) groups excluding carboxylic acids is 2. The van der Waals surface area contributed by atoms with Gasteiger partial charge in [-0.3, -0.25) is 4.79 Å². The molecule has 0 unspecified atom stereocenters. The fraction of sp³-hybridized carbons (Fsp3) is 0.444. The minimum absolute atomic E-state index is 0.0638. The van der Waals surface area contributed by atoms with Crippen LogP contribution in [0.5, 0.6) is 0 Å². The van der Waals surface area contributed by atoms with E-state index in [0.717, 1.165) is 12.1 Å². The van der Waals surface area contributed by atoms with Gasteiger partial charge < -0.3 is 19.5 Å². The normalized spacial score (nSPS) is 15.2. The zero-order chi connectivity index (χ0) is 21.9. The lowest BCUT2D eigenvalue weighted by Crippen LogP contribution is -2.46. The SMILES string of the molecule is CCOC(=O)N1CCC(NC(=O)c2ccc(-c3noc(C(F)(F)F)n3)cc2F)CC1. The number of alkyl halides is 3. The number of ether oxygens (including phenoxy) is 1. The lowest BCUT2D eigenvalue weighted by atomic mass is 10.0. The van der Waals surface area contributed by atoms with Gasteiger partial charge >= 0.3 is 18.2 Å². The first-order chi connectivity index (χ1) is 14.2. The molecule has 1 aliphatic heterocycles. The third-order valence-electron chi connectivity index (χ3n) is 4.50. The lowest BCUT2D eigenvalue weighted by molar-refractivity contribution is -0.159. The van der Waals surface area contributed by atoms with E-state index in [4.69, 9.17) is 4.74 Å². The molecular weight excluding hydrogens is 412 g/mol. The van der Waals surface area contributed by atoms with Gasteiger partial charge in [0.1, 0.15) is 5.82 Å². The van der Waals surface area contributed by atoms with Crippen LogP contribution in [0.1, 0.15) is 36.0 Å². The Kier molecular flexibility index (Phi) is 6.22. The minimum atomic E-state index is -4.81. The highest BCUT2D eigenvalue weighted by atomic mass is 19.4. The van der Waals surface area contributed by atoms with Crippen molar-refractivity contribution in [3.63, 3.8) is 0 Å². The quantitative estimate of drug-likeness (QED) is 0.748. The Labute approximate surface area is 168 Å². The van der Waals surface area contributed by atoms with Crippen molar-refractivity contribution in [2.75, 3.05) is 19.7 Å². The van der Waals surface area contributed by atoms with Crippen molar-refractivity contribution in [1.29, 1.82) is 0 Å². The minimum Gasteiger partial charge on any atom is -0.450 e. The van der Waals surface area contributed by atoms with Crippen LogP contribution in [-0.4, -0.2) is 52.8 Å². The molecule has 1 N–H and O–H groups in total. The maximum Gasteiger partial charge on any atom is 0.471 e. The largest absolute Gasteiger partial charge is 0.471 e. The van der Waals surface area contributed by atoms with Crippen molar-refractivity contribution in [3.05, 3.63) is 35.5 Å². The number of nitrogens with zero attached hydrogens (tertiary/aromatic N) is 3. The molecule has 1 aromatic carbocycles. The van der Waals surface area contributed by atoms with E-state index in [1.54, 1.807) is 6.92 Å². The Balaban J connectivity index is 1.62. The summed E-state index contributed by atoms with van der Waals surface area (Å²) in [5, 5.41) is 5.88. The molecule has 1 saturated heterocycles. The topological polar surface area (TPSA) is 97.6 Å². The summed E-state index contributed by atoms with van der Waals surface area (Å²) in [6, 6.07) is 2.97. The van der Waals surface area contributed by atoms with Crippen LogP contribution < -0.4 is 5.32 Å². The second-order valence-corrected chi connectivity index (χ2v) is 6.55. The number of benzene rings is 1. The molecular formula is C18H18F4N4O4. The number of carbonyl (C=O) groups is 2. The van der Waals surface area contributed by atoms with E-state index in [1.165, 1.54) is 11.0 Å². The summed E-state index contributed by atoms with van der Waals surface area (Å²) >= 11 is 0. The van der Waals surface area contributed by atoms with Gasteiger partial charge in [0, 0.05) is 24.7 Å². The second-order valence-electron chi connectivity index (χ2n) is 6.55. The van der Waals surface area contributed by atoms with Gasteiger partial charge in [-0.25, -0.2) is 9.18 Å². The van der Waals surface area contributed by atoms with Crippen LogP contribution in [0.15, 0.2) is 22.7 Å². The van der Waals surface area contributed by atoms with Crippen molar-refractivity contribution in [3.8, 4) is 11.4 Å². The van der Waals surface area contributed by atoms with Crippen molar-refractivity contribution >= 4 is 12.0 Å². The number of halogens is 4. The molecule has 3 rings (SSSR count). The van der Waals surface area contributed by atoms with Crippen LogP contribution >= 0.6 is 0 Å². The zero-order valence-electron chi connectivity index (χ0n) is 15.8. The standard InChI is InChI=1S/C18H18F4N4O4/c1-2-29-17(28)26-7-5-11(6-8-26)23-15(27)12-4-3-10(9-13(12)19)14-24-16(30-25-14)18(20,21)22/h3-4,9,11H,2,5-8H2,1H3,(H,23,27). The lowest BCUT2D eigenvalue weighted by Gasteiger charge is -2.31. The maximum absolute atomic E-state index is 14.4. The summed E-state index contributed by atoms with van der Waals surface area (Å²) < 4.78 is 61.1. The number of hydrogen-bond acceptors (Lipinski definition) is 6. The van der Waals surface area contributed by atoms with Crippen molar-refractivity contribution < 1.29 is 36.4 Å². The summed E-state index contributed by atoms with van der Waals surface area (Å²) in [6.45, 7) is 2.76. The molecule has 12 heteroatoms. The van der Waals surface area contributed by atoms with E-state index in [2.05, 4.69) is 20.0 Å². The number of likely N-dealkylation sites (tertiary alicyclic amines) is 1. The van der Waals surface area contributed by atoms with Crippen molar-refractivity contribution in [2.24, 2.45) is 0 Å². The van der Waals surface area contributed by atoms with Crippen LogP contribution in [-0.2, 0) is 10.9 Å². The maximum atomic E-state index is 14.4. The van der Waals surface area contributed by atoms with E-state index in [0.29, 0.717) is 25.9 Å². The molecule has 162 valence electrons. The van der Waals surface area contributed by atoms with E-state index in [1.807, 2.05) is 0 Å². The van der Waals surface area contributed by atoms with Gasteiger partial charge in [-0.15, -0.1) is 0 Å². The number of rotatable bonds is 4. The summed E-state index contributed by atoms with van der Waals surface area (Å²) in [6.07, 6.45) is -4.27. The molecule has 0 atom stereocenters. The van der Waals surface area contributed by atoms with Crippen molar-refractivity contribution in [1.82, 2.24) is 20.4 Å². The smallest absolute Gasteiger partial charge is 0.450 e. The van der Waals surface area contributed by atoms with Crippen LogP contribution in [0.2, 0.25) is 0 Å². The molecule has 1 fully saturated rings. The Morgan fingerprint density at radius 2 is 2.00 bits per heavy atom. The van der Waals surface area contributed by atoms with Gasteiger partial charge in [-0.1, -0.05) is 11.2 Å². The second kappa shape index (κ2) is 8.67. The predicted molar refractivity (Wildman–Crippen MR) is 93.8 cm³/mol. The van der Waals surface area contributed by atoms with Crippen LogP contribution in [0.25, 0.3) is 11.4 Å². The molecule has 0 aliphatic carbocycles. The molecule has 2 amide bonds. The molecule has 0 bridgehead atoms. The number of piperidine rings is 1. The van der Waals surface area contributed by atoms with Gasteiger partial charge in [0.05, 0.1) is 12.2 Å². The third kappa shape index (κ3) is 4.86. The highest BCUT2D eigenvalue weighted by molar-refractivity contribution is 5.95. The Morgan fingerprint density at radius 1 is 1.30 bits per heavy atom. The first-order valence-corrected chi connectivity index (χ1v) is 9.12. The molecule has 1 aliphatic rings. The molecule has 2 aromatic rings. The van der Waals surface area contributed by atoms with E-state index < -0.39 is 35.7 Å². The number of aromatic nitrogens is 2. The molecule has 30 heavy (non-hydrogen) atoms. The highest BCUT2D eigenvalue weighted by Gasteiger charge is 2.38. The van der Waals surface area contributed by atoms with Gasteiger partial charge in [-0.05, 0) is 31.9 Å². The van der Waals surface area contributed by atoms with Gasteiger partial charge in [0.15, 0.2) is 0 Å². The van der Waals surface area contributed by atoms with E-state index in [9.17, 15) is 27.2 Å². The fourth-order valence-corrected chi connectivity index (χ4v) is 2.98. The predicted octanol–water partition coefficient (Wildman–Crippen LogP) is 3.25. The van der Waals surface area contributed by atoms with Crippen LogP contribution in [0.3, 0.4) is 0 Å². The molecule has 8 nitrogen and oxygen atoms in total. The zero-order valence-corrected chi connectivity index (χ0v) is 15.8. The van der Waals surface area contributed by atoms with Crippen LogP contribution in [0.4, 0.5) is 22.4 Å². The van der Waals surface area contributed by atoms with Gasteiger partial charge in [0.25, 0.3) is 5.91 Å². The molecule has 2 heterocycles. The summed E-state index contributed by atoms with van der Waals surface area (Å²) in [5.41, 5.74) is -0.336. The van der Waals surface area contributed by atoms with Crippen LogP contribution in [0, 0.1) is 5.82 Å². The average molecular weight is 430 g/mol. The first-order valence-electron chi connectivity index (χ1n) is 9.12. The molecule has 1 aromatic heterocycles. The molecule has 0 radical (unpaired) electrons. The number of amides is 2. The summed E-state index contributed by atoms with van der Waals surface area (Å²) in [4.78, 5) is 28.8. The van der Waals surface area contributed by atoms with E-state index in [-0.39, 0.29) is 23.8 Å². The molecule has 0 saturated carbocycles. The average Bonchev–Trinajstić information content (AvgIpc) is 3.19. The number of hydrogen-bond donors (Lipinski definition) is 1. The van der Waals surface area contributed by atoms with Crippen molar-refractivity contribution in [2.45, 2.75) is 32.0 Å². The number of nitrogens with one attached hydrogen (secondary N) is 1. The fourth-order valence-electron chi connectivity index (χ4n) is 2.98. The third-order valence-corrected chi connectivity index (χ3v) is 4.50.